The van der Waals surface area contributed by atoms with Crippen LogP contribution in [0, 0.1) is 0 Å². The van der Waals surface area contributed by atoms with Crippen LogP contribution in [0.3, 0.4) is 0 Å². The molecule has 0 spiro atoms. The molecular weight excluding hydrogens is 210 g/mol. The first kappa shape index (κ1) is 14.9. The van der Waals surface area contributed by atoms with Crippen molar-refractivity contribution in [3.8, 4) is 0 Å². The third kappa shape index (κ3) is 8.23. The molecule has 2 N–H and O–H groups in total. The van der Waals surface area contributed by atoms with E-state index in [0.717, 1.165) is 19.3 Å². The average molecular weight is 231 g/mol. The zero-order valence-corrected chi connectivity index (χ0v) is 9.81. The number of nitrogens with zero attached hydrogens (tertiary/aromatic N) is 1. The van der Waals surface area contributed by atoms with Crippen LogP contribution in [0.2, 0.25) is 0 Å². The van der Waals surface area contributed by atoms with Crippen LogP contribution in [0.15, 0.2) is 0 Å². The quantitative estimate of drug-likeness (QED) is 0.577. The van der Waals surface area contributed by atoms with Crippen molar-refractivity contribution in [2.75, 3.05) is 20.2 Å². The number of aliphatic hydroxyl groups is 1. The number of aliphatic hydroxyl groups excluding tert-OH is 1. The van der Waals surface area contributed by atoms with Gasteiger partial charge in [-0.2, -0.15) is 0 Å². The first-order valence-electron chi connectivity index (χ1n) is 5.64. The van der Waals surface area contributed by atoms with E-state index in [1.807, 2.05) is 0 Å². The van der Waals surface area contributed by atoms with Gasteiger partial charge in [0, 0.05) is 33.0 Å². The van der Waals surface area contributed by atoms with Crippen LogP contribution < -0.4 is 0 Å². The van der Waals surface area contributed by atoms with Crippen molar-refractivity contribution in [2.45, 2.75) is 38.5 Å². The lowest BCUT2D eigenvalue weighted by molar-refractivity contribution is -0.137. The number of hydrogen-bond acceptors (Lipinski definition) is 3. The van der Waals surface area contributed by atoms with Gasteiger partial charge in [0.15, 0.2) is 0 Å². The molecule has 0 aliphatic rings. The summed E-state index contributed by atoms with van der Waals surface area (Å²) in [6, 6.07) is 0. The second-order valence-electron chi connectivity index (χ2n) is 3.85. The van der Waals surface area contributed by atoms with Crippen molar-refractivity contribution < 1.29 is 19.8 Å². The molecule has 0 aliphatic carbocycles. The summed E-state index contributed by atoms with van der Waals surface area (Å²) < 4.78 is 0. The average Bonchev–Trinajstić information content (AvgIpc) is 2.23. The Kier molecular flexibility index (Phi) is 8.52. The van der Waals surface area contributed by atoms with Crippen molar-refractivity contribution >= 4 is 11.9 Å². The maximum atomic E-state index is 11.5. The molecule has 0 fully saturated rings. The summed E-state index contributed by atoms with van der Waals surface area (Å²) in [6.45, 7) is 0.863. The second kappa shape index (κ2) is 9.15. The summed E-state index contributed by atoms with van der Waals surface area (Å²) in [5, 5.41) is 17.0. The fraction of sp³-hybridized carbons (Fsp3) is 0.818. The lowest BCUT2D eigenvalue weighted by Crippen LogP contribution is -2.27. The van der Waals surface area contributed by atoms with E-state index in [9.17, 15) is 9.59 Å². The van der Waals surface area contributed by atoms with Crippen molar-refractivity contribution in [1.82, 2.24) is 4.90 Å². The van der Waals surface area contributed by atoms with E-state index in [4.69, 9.17) is 10.2 Å². The fourth-order valence-corrected chi connectivity index (χ4v) is 1.34. The van der Waals surface area contributed by atoms with Crippen LogP contribution >= 0.6 is 0 Å². The number of aliphatic carboxylic acids is 1. The summed E-state index contributed by atoms with van der Waals surface area (Å²) >= 11 is 0. The molecular formula is C11H21NO4. The number of rotatable bonds is 9. The van der Waals surface area contributed by atoms with Gasteiger partial charge in [-0.15, -0.1) is 0 Å². The molecule has 0 bridgehead atoms. The van der Waals surface area contributed by atoms with Crippen molar-refractivity contribution in [2.24, 2.45) is 0 Å². The summed E-state index contributed by atoms with van der Waals surface area (Å²) in [4.78, 5) is 23.3. The SMILES string of the molecule is CN(CCCCCO)C(=O)CCCC(=O)O. The number of hydrogen-bond donors (Lipinski definition) is 2. The van der Waals surface area contributed by atoms with E-state index in [1.165, 1.54) is 0 Å². The molecule has 5 heteroatoms. The molecule has 0 aromatic carbocycles. The summed E-state index contributed by atoms with van der Waals surface area (Å²) in [6.07, 6.45) is 3.29. The van der Waals surface area contributed by atoms with Crippen LogP contribution in [0.25, 0.3) is 0 Å². The first-order valence-corrected chi connectivity index (χ1v) is 5.64. The maximum Gasteiger partial charge on any atom is 0.303 e. The van der Waals surface area contributed by atoms with Crippen LogP contribution in [-0.4, -0.2) is 47.2 Å². The Morgan fingerprint density at radius 1 is 1.06 bits per heavy atom. The molecule has 0 unspecified atom stereocenters. The molecule has 0 heterocycles. The fourth-order valence-electron chi connectivity index (χ4n) is 1.34. The van der Waals surface area contributed by atoms with Gasteiger partial charge in [0.1, 0.15) is 0 Å². The largest absolute Gasteiger partial charge is 0.481 e. The Balaban J connectivity index is 3.53. The zero-order chi connectivity index (χ0) is 12.4. The van der Waals surface area contributed by atoms with E-state index in [2.05, 4.69) is 0 Å². The number of amides is 1. The Morgan fingerprint density at radius 2 is 1.75 bits per heavy atom. The minimum Gasteiger partial charge on any atom is -0.481 e. The van der Waals surface area contributed by atoms with Gasteiger partial charge in [0.05, 0.1) is 0 Å². The highest BCUT2D eigenvalue weighted by atomic mass is 16.4. The monoisotopic (exact) mass is 231 g/mol. The Morgan fingerprint density at radius 3 is 2.31 bits per heavy atom. The molecule has 0 radical (unpaired) electrons. The molecule has 0 aromatic heterocycles. The molecule has 1 amide bonds. The molecule has 16 heavy (non-hydrogen) atoms. The van der Waals surface area contributed by atoms with E-state index in [1.54, 1.807) is 11.9 Å². The van der Waals surface area contributed by atoms with Gasteiger partial charge >= 0.3 is 5.97 Å². The third-order valence-electron chi connectivity index (χ3n) is 2.36. The molecule has 0 aliphatic heterocycles. The third-order valence-corrected chi connectivity index (χ3v) is 2.36. The van der Waals surface area contributed by atoms with Gasteiger partial charge in [0.25, 0.3) is 0 Å². The first-order chi connectivity index (χ1) is 7.57. The number of carbonyl (C=O) groups excluding carboxylic acids is 1. The van der Waals surface area contributed by atoms with Gasteiger partial charge in [-0.25, -0.2) is 0 Å². The highest BCUT2D eigenvalue weighted by Gasteiger charge is 2.08. The Hall–Kier alpha value is -1.10. The van der Waals surface area contributed by atoms with Crippen molar-refractivity contribution in [3.63, 3.8) is 0 Å². The number of unbranched alkanes of at least 4 members (excludes halogenated alkanes) is 2. The normalized spacial score (nSPS) is 10.1. The van der Waals surface area contributed by atoms with Gasteiger partial charge < -0.3 is 15.1 Å². The molecule has 0 aromatic rings. The highest BCUT2D eigenvalue weighted by Crippen LogP contribution is 2.02. The molecule has 0 saturated heterocycles. The lowest BCUT2D eigenvalue weighted by Gasteiger charge is -2.16. The van der Waals surface area contributed by atoms with Gasteiger partial charge in [-0.05, 0) is 25.7 Å². The van der Waals surface area contributed by atoms with E-state index < -0.39 is 5.97 Å². The smallest absolute Gasteiger partial charge is 0.303 e. The highest BCUT2D eigenvalue weighted by molar-refractivity contribution is 5.76. The van der Waals surface area contributed by atoms with Gasteiger partial charge in [0.2, 0.25) is 5.91 Å². The maximum absolute atomic E-state index is 11.5. The van der Waals surface area contributed by atoms with Crippen LogP contribution in [0.1, 0.15) is 38.5 Å². The number of carbonyl (C=O) groups is 2. The second-order valence-corrected chi connectivity index (χ2v) is 3.85. The summed E-state index contributed by atoms with van der Waals surface area (Å²) in [5.41, 5.74) is 0. The van der Waals surface area contributed by atoms with Crippen LogP contribution in [-0.2, 0) is 9.59 Å². The Bertz CT molecular complexity index is 218. The van der Waals surface area contributed by atoms with Crippen molar-refractivity contribution in [1.29, 1.82) is 0 Å². The minimum absolute atomic E-state index is 0.00903. The molecule has 5 nitrogen and oxygen atoms in total. The number of carboxylic acids is 1. The minimum atomic E-state index is -0.863. The van der Waals surface area contributed by atoms with Crippen molar-refractivity contribution in [3.05, 3.63) is 0 Å². The van der Waals surface area contributed by atoms with Gasteiger partial charge in [-0.3, -0.25) is 9.59 Å². The zero-order valence-electron chi connectivity index (χ0n) is 9.81. The summed E-state index contributed by atoms with van der Waals surface area (Å²) in [5.74, 6) is -0.872. The molecule has 0 saturated carbocycles. The van der Waals surface area contributed by atoms with Crippen LogP contribution in [0.5, 0.6) is 0 Å². The lowest BCUT2D eigenvalue weighted by atomic mass is 10.2. The molecule has 94 valence electrons. The topological polar surface area (TPSA) is 77.8 Å². The predicted molar refractivity (Wildman–Crippen MR) is 60.1 cm³/mol. The van der Waals surface area contributed by atoms with E-state index >= 15 is 0 Å². The van der Waals surface area contributed by atoms with Gasteiger partial charge in [-0.1, -0.05) is 0 Å². The standard InChI is InChI=1S/C11H21NO4/c1-12(8-3-2-4-9-13)10(14)6-5-7-11(15)16/h13H,2-9H2,1H3,(H,15,16). The van der Waals surface area contributed by atoms with E-state index in [-0.39, 0.29) is 18.9 Å². The molecule has 0 rings (SSSR count). The van der Waals surface area contributed by atoms with E-state index in [0.29, 0.717) is 19.4 Å². The van der Waals surface area contributed by atoms with Crippen LogP contribution in [0.4, 0.5) is 0 Å². The summed E-state index contributed by atoms with van der Waals surface area (Å²) in [7, 11) is 1.72. The predicted octanol–water partition coefficient (Wildman–Crippen LogP) is 0.862. The Labute approximate surface area is 96.1 Å². The molecule has 0 atom stereocenters. The number of carboxylic acid groups (broad SMARTS) is 1.